The number of carboxylic acids is 1. The third kappa shape index (κ3) is 6.94. The van der Waals surface area contributed by atoms with Gasteiger partial charge in [0, 0.05) is 5.25 Å². The van der Waals surface area contributed by atoms with Gasteiger partial charge in [-0.3, -0.25) is 4.79 Å². The van der Waals surface area contributed by atoms with Crippen molar-refractivity contribution in [3.8, 4) is 0 Å². The van der Waals surface area contributed by atoms with E-state index in [0.29, 0.717) is 6.42 Å². The zero-order valence-corrected chi connectivity index (χ0v) is 9.39. The molecule has 0 spiro atoms. The van der Waals surface area contributed by atoms with Crippen LogP contribution in [0.15, 0.2) is 0 Å². The lowest BCUT2D eigenvalue weighted by Gasteiger charge is -2.12. The van der Waals surface area contributed by atoms with Gasteiger partial charge in [0.15, 0.2) is 0 Å². The fraction of sp³-hybridized carbons (Fsp3) is 0.900. The predicted octanol–water partition coefficient (Wildman–Crippen LogP) is 2.98. The smallest absolute Gasteiger partial charge is 0.306 e. The van der Waals surface area contributed by atoms with Gasteiger partial charge in [0.2, 0.25) is 0 Å². The van der Waals surface area contributed by atoms with E-state index in [9.17, 15) is 4.79 Å². The lowest BCUT2D eigenvalue weighted by Crippen LogP contribution is -2.14. The highest BCUT2D eigenvalue weighted by molar-refractivity contribution is 7.80. The quantitative estimate of drug-likeness (QED) is 0.494. The Morgan fingerprint density at radius 2 is 2.08 bits per heavy atom. The van der Waals surface area contributed by atoms with E-state index in [-0.39, 0.29) is 11.2 Å². The first-order valence-corrected chi connectivity index (χ1v) is 5.50. The van der Waals surface area contributed by atoms with E-state index in [1.165, 1.54) is 12.8 Å². The zero-order chi connectivity index (χ0) is 10.3. The number of hydrogen-bond donors (Lipinski definition) is 2. The number of hydrogen-bond acceptors (Lipinski definition) is 2. The first-order valence-electron chi connectivity index (χ1n) is 4.98. The lowest BCUT2D eigenvalue weighted by atomic mass is 10.0. The Hall–Kier alpha value is -0.180. The van der Waals surface area contributed by atoms with Crippen LogP contribution in [0.4, 0.5) is 0 Å². The first-order chi connectivity index (χ1) is 6.07. The second-order valence-corrected chi connectivity index (χ2v) is 4.35. The Morgan fingerprint density at radius 3 is 2.54 bits per heavy atom. The van der Waals surface area contributed by atoms with Crippen molar-refractivity contribution in [2.24, 2.45) is 5.92 Å². The second kappa shape index (κ2) is 7.25. The first kappa shape index (κ1) is 12.8. The molecule has 1 N–H and O–H groups in total. The van der Waals surface area contributed by atoms with Gasteiger partial charge < -0.3 is 5.11 Å². The molecule has 0 aromatic rings. The highest BCUT2D eigenvalue weighted by Gasteiger charge is 2.14. The van der Waals surface area contributed by atoms with Crippen LogP contribution in [-0.4, -0.2) is 16.3 Å². The Morgan fingerprint density at radius 1 is 1.46 bits per heavy atom. The molecule has 0 amide bonds. The van der Waals surface area contributed by atoms with E-state index < -0.39 is 5.97 Å². The normalized spacial score (nSPS) is 15.3. The molecular weight excluding hydrogens is 184 g/mol. The van der Waals surface area contributed by atoms with Crippen LogP contribution in [0.2, 0.25) is 0 Å². The third-order valence-electron chi connectivity index (χ3n) is 2.19. The van der Waals surface area contributed by atoms with Crippen molar-refractivity contribution in [2.45, 2.75) is 51.2 Å². The number of rotatable bonds is 7. The third-order valence-corrected chi connectivity index (χ3v) is 2.66. The zero-order valence-electron chi connectivity index (χ0n) is 8.49. The molecule has 0 fully saturated rings. The van der Waals surface area contributed by atoms with Gasteiger partial charge in [-0.2, -0.15) is 12.6 Å². The van der Waals surface area contributed by atoms with E-state index >= 15 is 0 Å². The maximum Gasteiger partial charge on any atom is 0.306 e. The van der Waals surface area contributed by atoms with Crippen molar-refractivity contribution >= 4 is 18.6 Å². The highest BCUT2D eigenvalue weighted by atomic mass is 32.1. The number of carboxylic acid groups (broad SMARTS) is 1. The minimum atomic E-state index is -0.713. The molecule has 0 radical (unpaired) electrons. The van der Waals surface area contributed by atoms with Crippen LogP contribution in [0.25, 0.3) is 0 Å². The molecule has 2 nitrogen and oxygen atoms in total. The molecule has 0 aliphatic carbocycles. The van der Waals surface area contributed by atoms with Crippen LogP contribution in [0.1, 0.15) is 46.0 Å². The van der Waals surface area contributed by atoms with Crippen LogP contribution in [-0.2, 0) is 4.79 Å². The summed E-state index contributed by atoms with van der Waals surface area (Å²) >= 11 is 4.37. The molecule has 3 heteroatoms. The number of unbranched alkanes of at least 4 members (excludes halogenated alkanes) is 2. The van der Waals surface area contributed by atoms with Gasteiger partial charge in [0.25, 0.3) is 0 Å². The summed E-state index contributed by atoms with van der Waals surface area (Å²) in [5, 5.41) is 8.92. The molecule has 0 heterocycles. The molecule has 0 saturated carbocycles. The Balaban J connectivity index is 3.49. The van der Waals surface area contributed by atoms with Crippen LogP contribution >= 0.6 is 12.6 Å². The molecule has 0 aromatic carbocycles. The molecule has 0 aliphatic heterocycles. The van der Waals surface area contributed by atoms with Crippen molar-refractivity contribution < 1.29 is 9.90 Å². The second-order valence-electron chi connectivity index (χ2n) is 3.62. The molecule has 0 aliphatic rings. The standard InChI is InChI=1S/C10H20O2S/c1-3-4-5-6-9(13)7-8(2)10(11)12/h8-9,13H,3-7H2,1-2H3,(H,11,12). The van der Waals surface area contributed by atoms with E-state index in [4.69, 9.17) is 5.11 Å². The van der Waals surface area contributed by atoms with Crippen molar-refractivity contribution in [1.29, 1.82) is 0 Å². The summed E-state index contributed by atoms with van der Waals surface area (Å²) in [6.07, 6.45) is 5.31. The average Bonchev–Trinajstić information content (AvgIpc) is 2.04. The van der Waals surface area contributed by atoms with Crippen molar-refractivity contribution in [3.05, 3.63) is 0 Å². The van der Waals surface area contributed by atoms with Crippen molar-refractivity contribution in [2.75, 3.05) is 0 Å². The number of thiol groups is 1. The highest BCUT2D eigenvalue weighted by Crippen LogP contribution is 2.17. The molecular formula is C10H20O2S. The molecule has 0 rings (SSSR count). The Bertz CT molecular complexity index is 148. The van der Waals surface area contributed by atoms with Gasteiger partial charge in [-0.15, -0.1) is 0 Å². The summed E-state index contributed by atoms with van der Waals surface area (Å²) in [5.41, 5.74) is 0. The van der Waals surface area contributed by atoms with Gasteiger partial charge in [0.1, 0.15) is 0 Å². The summed E-state index contributed by atoms with van der Waals surface area (Å²) in [6.45, 7) is 3.90. The van der Waals surface area contributed by atoms with Gasteiger partial charge in [-0.1, -0.05) is 33.1 Å². The molecule has 78 valence electrons. The number of aliphatic carboxylic acids is 1. The van der Waals surface area contributed by atoms with Gasteiger partial charge in [0.05, 0.1) is 5.92 Å². The predicted molar refractivity (Wildman–Crippen MR) is 58.3 cm³/mol. The molecule has 0 bridgehead atoms. The molecule has 2 atom stereocenters. The van der Waals surface area contributed by atoms with E-state index in [2.05, 4.69) is 19.6 Å². The van der Waals surface area contributed by atoms with Crippen LogP contribution in [0.3, 0.4) is 0 Å². The van der Waals surface area contributed by atoms with Crippen molar-refractivity contribution in [1.82, 2.24) is 0 Å². The van der Waals surface area contributed by atoms with Gasteiger partial charge in [-0.25, -0.2) is 0 Å². The summed E-state index contributed by atoms with van der Waals surface area (Å²) in [6, 6.07) is 0. The molecule has 0 aromatic heterocycles. The molecule has 13 heavy (non-hydrogen) atoms. The molecule has 0 saturated heterocycles. The number of carbonyl (C=O) groups is 1. The van der Waals surface area contributed by atoms with Gasteiger partial charge in [-0.05, 0) is 12.8 Å². The summed E-state index contributed by atoms with van der Waals surface area (Å²) < 4.78 is 0. The summed E-state index contributed by atoms with van der Waals surface area (Å²) in [4.78, 5) is 10.5. The maximum atomic E-state index is 10.5. The monoisotopic (exact) mass is 204 g/mol. The van der Waals surface area contributed by atoms with Crippen molar-refractivity contribution in [3.63, 3.8) is 0 Å². The SMILES string of the molecule is CCCCCC(S)CC(C)C(=O)O. The van der Waals surface area contributed by atoms with Crippen LogP contribution in [0.5, 0.6) is 0 Å². The largest absolute Gasteiger partial charge is 0.481 e. The van der Waals surface area contributed by atoms with E-state index in [1.807, 2.05) is 0 Å². The van der Waals surface area contributed by atoms with Crippen LogP contribution < -0.4 is 0 Å². The Kier molecular flexibility index (Phi) is 7.14. The minimum absolute atomic E-state index is 0.248. The van der Waals surface area contributed by atoms with Crippen LogP contribution in [0, 0.1) is 5.92 Å². The van der Waals surface area contributed by atoms with Gasteiger partial charge >= 0.3 is 5.97 Å². The fourth-order valence-corrected chi connectivity index (χ4v) is 1.76. The topological polar surface area (TPSA) is 37.3 Å². The summed E-state index contributed by atoms with van der Waals surface area (Å²) in [7, 11) is 0. The summed E-state index contributed by atoms with van der Waals surface area (Å²) in [5.74, 6) is -0.973. The average molecular weight is 204 g/mol. The molecule has 2 unspecified atom stereocenters. The fourth-order valence-electron chi connectivity index (χ4n) is 1.26. The Labute approximate surface area is 86.1 Å². The van der Waals surface area contributed by atoms with E-state index in [0.717, 1.165) is 12.8 Å². The minimum Gasteiger partial charge on any atom is -0.481 e. The lowest BCUT2D eigenvalue weighted by molar-refractivity contribution is -0.141. The van der Waals surface area contributed by atoms with E-state index in [1.54, 1.807) is 6.92 Å². The maximum absolute atomic E-state index is 10.5.